The second-order valence-electron chi connectivity index (χ2n) is 4.13. The lowest BCUT2D eigenvalue weighted by Gasteiger charge is -2.14. The Balaban J connectivity index is 2.26. The maximum atomic E-state index is 10.5. The molecule has 2 heterocycles. The highest BCUT2D eigenvalue weighted by Gasteiger charge is 2.20. The molecule has 0 bridgehead atoms. The summed E-state index contributed by atoms with van der Waals surface area (Å²) in [5, 5.41) is 14.7. The van der Waals surface area contributed by atoms with Gasteiger partial charge in [0, 0.05) is 24.9 Å². The van der Waals surface area contributed by atoms with Gasteiger partial charge in [-0.2, -0.15) is 5.10 Å². The highest BCUT2D eigenvalue weighted by molar-refractivity contribution is 9.10. The van der Waals surface area contributed by atoms with E-state index in [2.05, 4.69) is 26.0 Å². The van der Waals surface area contributed by atoms with E-state index in [1.54, 1.807) is 43.4 Å². The Labute approximate surface area is 125 Å². The number of ether oxygens (including phenoxy) is 2. The maximum Gasteiger partial charge on any atom is 0.212 e. The van der Waals surface area contributed by atoms with Gasteiger partial charge in [0.2, 0.25) is 5.88 Å². The first-order valence-electron chi connectivity index (χ1n) is 6.05. The van der Waals surface area contributed by atoms with Crippen LogP contribution in [0.1, 0.15) is 17.4 Å². The number of hydrogen-bond acceptors (Lipinski definition) is 5. The minimum Gasteiger partial charge on any atom is -0.481 e. The van der Waals surface area contributed by atoms with E-state index in [4.69, 9.17) is 9.47 Å². The Morgan fingerprint density at radius 3 is 2.75 bits per heavy atom. The molecule has 0 aliphatic rings. The van der Waals surface area contributed by atoms with E-state index >= 15 is 0 Å². The molecule has 1 atom stereocenters. The van der Waals surface area contributed by atoms with Crippen LogP contribution in [0, 0.1) is 0 Å². The van der Waals surface area contributed by atoms with Crippen LogP contribution in [0.4, 0.5) is 0 Å². The van der Waals surface area contributed by atoms with Crippen LogP contribution in [0.25, 0.3) is 0 Å². The molecule has 7 heteroatoms. The van der Waals surface area contributed by atoms with Gasteiger partial charge >= 0.3 is 0 Å². The topological polar surface area (TPSA) is 69.4 Å². The van der Waals surface area contributed by atoms with E-state index in [-0.39, 0.29) is 0 Å². The van der Waals surface area contributed by atoms with Gasteiger partial charge in [0.1, 0.15) is 6.10 Å². The fourth-order valence-electron chi connectivity index (χ4n) is 1.83. The number of aliphatic hydroxyl groups is 1. The summed E-state index contributed by atoms with van der Waals surface area (Å²) in [6.07, 6.45) is 2.43. The Morgan fingerprint density at radius 1 is 1.35 bits per heavy atom. The van der Waals surface area contributed by atoms with Crippen molar-refractivity contribution in [2.24, 2.45) is 0 Å². The number of rotatable bonds is 6. The lowest BCUT2D eigenvalue weighted by molar-refractivity contribution is 0.171. The van der Waals surface area contributed by atoms with Crippen molar-refractivity contribution in [2.45, 2.75) is 12.6 Å². The number of halogens is 1. The van der Waals surface area contributed by atoms with Crippen molar-refractivity contribution >= 4 is 15.9 Å². The molecular formula is C13H16BrN3O3. The maximum absolute atomic E-state index is 10.5. The Kier molecular flexibility index (Phi) is 5.11. The van der Waals surface area contributed by atoms with Gasteiger partial charge in [-0.25, -0.2) is 4.98 Å². The first kappa shape index (κ1) is 15.0. The number of aliphatic hydroxyl groups excluding tert-OH is 1. The highest BCUT2D eigenvalue weighted by atomic mass is 79.9. The molecule has 2 aromatic rings. The molecule has 108 valence electrons. The van der Waals surface area contributed by atoms with E-state index < -0.39 is 6.10 Å². The third-order valence-electron chi connectivity index (χ3n) is 2.88. The van der Waals surface area contributed by atoms with Gasteiger partial charge in [-0.3, -0.25) is 4.68 Å². The first-order valence-corrected chi connectivity index (χ1v) is 6.84. The molecule has 6 nitrogen and oxygen atoms in total. The van der Waals surface area contributed by atoms with Crippen molar-refractivity contribution < 1.29 is 14.6 Å². The average molecular weight is 342 g/mol. The lowest BCUT2D eigenvalue weighted by atomic mass is 10.1. The molecular weight excluding hydrogens is 326 g/mol. The molecule has 0 saturated carbocycles. The molecule has 0 aliphatic carbocycles. The largest absolute Gasteiger partial charge is 0.481 e. The fraction of sp³-hybridized carbons (Fsp3) is 0.385. The molecule has 0 spiro atoms. The van der Waals surface area contributed by atoms with E-state index in [1.807, 2.05) is 0 Å². The van der Waals surface area contributed by atoms with Gasteiger partial charge in [-0.1, -0.05) is 0 Å². The minimum atomic E-state index is -0.817. The number of nitrogens with zero attached hydrogens (tertiary/aromatic N) is 3. The molecule has 2 rings (SSSR count). The van der Waals surface area contributed by atoms with Crippen LogP contribution in [-0.4, -0.2) is 40.7 Å². The summed E-state index contributed by atoms with van der Waals surface area (Å²) in [4.78, 5) is 4.10. The van der Waals surface area contributed by atoms with Gasteiger partial charge < -0.3 is 14.6 Å². The zero-order valence-corrected chi connectivity index (χ0v) is 12.9. The average Bonchev–Trinajstić information content (AvgIpc) is 2.85. The van der Waals surface area contributed by atoms with Crippen LogP contribution in [-0.2, 0) is 11.3 Å². The standard InChI is InChI=1S/C13H16BrN3O3/c1-19-6-5-17-12(10(14)8-16-17)13(18)9-3-4-11(20-2)15-7-9/h3-4,7-8,13,18H,5-6H2,1-2H3. The predicted octanol–water partition coefficient (Wildman–Crippen LogP) is 1.78. The second-order valence-corrected chi connectivity index (χ2v) is 4.98. The zero-order valence-electron chi connectivity index (χ0n) is 11.3. The lowest BCUT2D eigenvalue weighted by Crippen LogP contribution is -2.13. The van der Waals surface area contributed by atoms with Crippen LogP contribution < -0.4 is 4.74 Å². The molecule has 0 aliphatic heterocycles. The summed E-state index contributed by atoms with van der Waals surface area (Å²) in [5.41, 5.74) is 1.35. The van der Waals surface area contributed by atoms with E-state index in [0.29, 0.717) is 30.3 Å². The third-order valence-corrected chi connectivity index (χ3v) is 3.49. The van der Waals surface area contributed by atoms with Crippen molar-refractivity contribution in [3.8, 4) is 5.88 Å². The van der Waals surface area contributed by atoms with Gasteiger partial charge in [0.15, 0.2) is 0 Å². The number of methoxy groups -OCH3 is 2. The number of hydrogen-bond donors (Lipinski definition) is 1. The van der Waals surface area contributed by atoms with Gasteiger partial charge in [-0.15, -0.1) is 0 Å². The van der Waals surface area contributed by atoms with Crippen LogP contribution in [0.3, 0.4) is 0 Å². The smallest absolute Gasteiger partial charge is 0.212 e. The van der Waals surface area contributed by atoms with Crippen LogP contribution >= 0.6 is 15.9 Å². The van der Waals surface area contributed by atoms with Crippen LogP contribution in [0.5, 0.6) is 5.88 Å². The highest BCUT2D eigenvalue weighted by Crippen LogP contribution is 2.28. The van der Waals surface area contributed by atoms with Gasteiger partial charge in [0.25, 0.3) is 0 Å². The molecule has 0 saturated heterocycles. The van der Waals surface area contributed by atoms with E-state index in [1.165, 1.54) is 0 Å². The molecule has 0 fully saturated rings. The molecule has 20 heavy (non-hydrogen) atoms. The molecule has 1 N–H and O–H groups in total. The van der Waals surface area contributed by atoms with Crippen molar-refractivity contribution in [3.63, 3.8) is 0 Å². The summed E-state index contributed by atoms with van der Waals surface area (Å²) in [6.45, 7) is 1.09. The van der Waals surface area contributed by atoms with Gasteiger partial charge in [0.05, 0.1) is 36.6 Å². The number of aromatic nitrogens is 3. The summed E-state index contributed by atoms with van der Waals surface area (Å²) >= 11 is 3.41. The second kappa shape index (κ2) is 6.83. The Hall–Kier alpha value is -1.44. The van der Waals surface area contributed by atoms with Crippen molar-refractivity contribution in [3.05, 3.63) is 40.3 Å². The summed E-state index contributed by atoms with van der Waals surface area (Å²) in [6, 6.07) is 3.49. The molecule has 0 radical (unpaired) electrons. The molecule has 2 aromatic heterocycles. The molecule has 0 aromatic carbocycles. The third kappa shape index (κ3) is 3.17. The van der Waals surface area contributed by atoms with E-state index in [0.717, 1.165) is 4.47 Å². The zero-order chi connectivity index (χ0) is 14.5. The Morgan fingerprint density at radius 2 is 2.15 bits per heavy atom. The van der Waals surface area contributed by atoms with Crippen molar-refractivity contribution in [1.82, 2.24) is 14.8 Å². The van der Waals surface area contributed by atoms with Crippen molar-refractivity contribution in [1.29, 1.82) is 0 Å². The normalized spacial score (nSPS) is 12.4. The minimum absolute atomic E-state index is 0.507. The molecule has 1 unspecified atom stereocenters. The fourth-order valence-corrected chi connectivity index (χ4v) is 2.34. The summed E-state index contributed by atoms with van der Waals surface area (Å²) < 4.78 is 12.5. The van der Waals surface area contributed by atoms with Gasteiger partial charge in [-0.05, 0) is 22.0 Å². The SMILES string of the molecule is COCCn1ncc(Br)c1C(O)c1ccc(OC)nc1. The van der Waals surface area contributed by atoms with Crippen molar-refractivity contribution in [2.75, 3.05) is 20.8 Å². The van der Waals surface area contributed by atoms with E-state index in [9.17, 15) is 5.11 Å². The van der Waals surface area contributed by atoms with Crippen LogP contribution in [0.2, 0.25) is 0 Å². The monoisotopic (exact) mass is 341 g/mol. The number of pyridine rings is 1. The predicted molar refractivity (Wildman–Crippen MR) is 76.7 cm³/mol. The molecule has 0 amide bonds. The first-order chi connectivity index (χ1) is 9.67. The quantitative estimate of drug-likeness (QED) is 0.867. The Bertz CT molecular complexity index is 556. The summed E-state index contributed by atoms with van der Waals surface area (Å²) in [5.74, 6) is 0.507. The van der Waals surface area contributed by atoms with Crippen LogP contribution in [0.15, 0.2) is 29.0 Å². The summed E-state index contributed by atoms with van der Waals surface area (Å²) in [7, 11) is 3.18.